The minimum atomic E-state index is -0.696. The SMILES string of the molecule is CCOc1cc(/C=C2\N=C(c3ccc(Cl)c([N+](=O)[O-])c3)OC2=O)cc(Br)c1OCc1cccc(Cl)c1. The molecule has 0 saturated carbocycles. The number of nitro benzene ring substituents is 1. The van der Waals surface area contributed by atoms with Gasteiger partial charge in [0, 0.05) is 16.7 Å². The van der Waals surface area contributed by atoms with Crippen molar-refractivity contribution in [3.8, 4) is 11.5 Å². The Labute approximate surface area is 224 Å². The van der Waals surface area contributed by atoms with Crippen molar-refractivity contribution in [2.45, 2.75) is 13.5 Å². The summed E-state index contributed by atoms with van der Waals surface area (Å²) in [7, 11) is 0. The van der Waals surface area contributed by atoms with Gasteiger partial charge in [0.05, 0.1) is 16.0 Å². The van der Waals surface area contributed by atoms with Gasteiger partial charge < -0.3 is 14.2 Å². The van der Waals surface area contributed by atoms with Gasteiger partial charge in [0.25, 0.3) is 5.69 Å². The van der Waals surface area contributed by atoms with E-state index in [4.69, 9.17) is 37.4 Å². The summed E-state index contributed by atoms with van der Waals surface area (Å²) in [5.41, 5.74) is 1.44. The average Bonchev–Trinajstić information content (AvgIpc) is 3.19. The fourth-order valence-corrected chi connectivity index (χ4v) is 4.31. The molecular weight excluding hydrogens is 575 g/mol. The van der Waals surface area contributed by atoms with Gasteiger partial charge in [0.2, 0.25) is 5.90 Å². The molecule has 1 aliphatic rings. The number of nitrogens with zero attached hydrogens (tertiary/aromatic N) is 2. The number of nitro groups is 1. The molecule has 0 radical (unpaired) electrons. The van der Waals surface area contributed by atoms with Crippen molar-refractivity contribution in [2.75, 3.05) is 6.61 Å². The third-order valence-electron chi connectivity index (χ3n) is 4.92. The lowest BCUT2D eigenvalue weighted by molar-refractivity contribution is -0.384. The maximum absolute atomic E-state index is 12.5. The second-order valence-corrected chi connectivity index (χ2v) is 9.14. The normalized spacial score (nSPS) is 13.9. The second kappa shape index (κ2) is 11.1. The first-order valence-corrected chi connectivity index (χ1v) is 12.1. The molecule has 1 heterocycles. The number of ether oxygens (including phenoxy) is 3. The zero-order valence-electron chi connectivity index (χ0n) is 18.7. The number of esters is 1. The molecule has 11 heteroatoms. The number of aliphatic imine (C=N–C) groups is 1. The summed E-state index contributed by atoms with van der Waals surface area (Å²) in [5.74, 6) is 0.199. The van der Waals surface area contributed by atoms with E-state index in [1.54, 1.807) is 18.2 Å². The van der Waals surface area contributed by atoms with Crippen molar-refractivity contribution < 1.29 is 23.9 Å². The molecule has 0 N–H and O–H groups in total. The van der Waals surface area contributed by atoms with E-state index in [0.29, 0.717) is 33.2 Å². The van der Waals surface area contributed by atoms with Crippen LogP contribution in [-0.4, -0.2) is 23.4 Å². The molecule has 36 heavy (non-hydrogen) atoms. The molecule has 3 aromatic carbocycles. The van der Waals surface area contributed by atoms with Crippen molar-refractivity contribution in [3.63, 3.8) is 0 Å². The van der Waals surface area contributed by atoms with Gasteiger partial charge in [0.15, 0.2) is 17.2 Å². The first-order chi connectivity index (χ1) is 17.2. The van der Waals surface area contributed by atoms with Crippen LogP contribution in [0, 0.1) is 10.1 Å². The number of carbonyl (C=O) groups excluding carboxylic acids is 1. The lowest BCUT2D eigenvalue weighted by atomic mass is 10.1. The lowest BCUT2D eigenvalue weighted by Crippen LogP contribution is -2.06. The molecule has 4 rings (SSSR count). The van der Waals surface area contributed by atoms with Crippen LogP contribution in [0.25, 0.3) is 6.08 Å². The Morgan fingerprint density at radius 3 is 2.67 bits per heavy atom. The van der Waals surface area contributed by atoms with Gasteiger partial charge in [-0.15, -0.1) is 0 Å². The predicted molar refractivity (Wildman–Crippen MR) is 140 cm³/mol. The highest BCUT2D eigenvalue weighted by molar-refractivity contribution is 9.10. The lowest BCUT2D eigenvalue weighted by Gasteiger charge is -2.15. The van der Waals surface area contributed by atoms with E-state index in [-0.39, 0.29) is 34.5 Å². The Balaban J connectivity index is 1.63. The Hall–Kier alpha value is -3.40. The van der Waals surface area contributed by atoms with Crippen LogP contribution in [-0.2, 0) is 16.1 Å². The highest BCUT2D eigenvalue weighted by Crippen LogP contribution is 2.38. The van der Waals surface area contributed by atoms with Gasteiger partial charge in [-0.1, -0.05) is 35.3 Å². The Kier molecular flexibility index (Phi) is 7.93. The topological polar surface area (TPSA) is 100 Å². The van der Waals surface area contributed by atoms with E-state index in [1.807, 2.05) is 25.1 Å². The molecular formula is C25H17BrCl2N2O6. The van der Waals surface area contributed by atoms with Crippen molar-refractivity contribution in [1.29, 1.82) is 0 Å². The molecule has 0 fully saturated rings. The number of rotatable bonds is 8. The summed E-state index contributed by atoms with van der Waals surface area (Å²) < 4.78 is 17.6. The highest BCUT2D eigenvalue weighted by atomic mass is 79.9. The fraction of sp³-hybridized carbons (Fsp3) is 0.120. The molecule has 3 aromatic rings. The summed E-state index contributed by atoms with van der Waals surface area (Å²) in [6, 6.07) is 14.8. The van der Waals surface area contributed by atoms with E-state index in [2.05, 4.69) is 20.9 Å². The van der Waals surface area contributed by atoms with Gasteiger partial charge in [-0.2, -0.15) is 0 Å². The van der Waals surface area contributed by atoms with Gasteiger partial charge >= 0.3 is 5.97 Å². The minimum absolute atomic E-state index is 0.0181. The smallest absolute Gasteiger partial charge is 0.363 e. The number of hydrogen-bond donors (Lipinski definition) is 0. The van der Waals surface area contributed by atoms with Gasteiger partial charge in [-0.25, -0.2) is 9.79 Å². The Morgan fingerprint density at radius 1 is 1.14 bits per heavy atom. The molecule has 0 aliphatic carbocycles. The van der Waals surface area contributed by atoms with E-state index in [0.717, 1.165) is 5.56 Å². The molecule has 0 aromatic heterocycles. The van der Waals surface area contributed by atoms with Crippen LogP contribution in [0.2, 0.25) is 10.0 Å². The third kappa shape index (κ3) is 5.87. The van der Waals surface area contributed by atoms with Crippen molar-refractivity contribution in [3.05, 3.63) is 102 Å². The van der Waals surface area contributed by atoms with E-state index >= 15 is 0 Å². The molecule has 0 bridgehead atoms. The first kappa shape index (κ1) is 25.7. The monoisotopic (exact) mass is 590 g/mol. The van der Waals surface area contributed by atoms with Crippen LogP contribution in [0.3, 0.4) is 0 Å². The average molecular weight is 592 g/mol. The molecule has 8 nitrogen and oxygen atoms in total. The number of cyclic esters (lactones) is 1. The molecule has 184 valence electrons. The van der Waals surface area contributed by atoms with Crippen molar-refractivity contribution >= 4 is 62.8 Å². The van der Waals surface area contributed by atoms with E-state index in [9.17, 15) is 14.9 Å². The fourth-order valence-electron chi connectivity index (χ4n) is 3.33. The molecule has 1 aliphatic heterocycles. The van der Waals surface area contributed by atoms with Crippen LogP contribution in [0.5, 0.6) is 11.5 Å². The standard InChI is InChI=1S/C25H17BrCl2N2O6/c1-2-34-22-11-15(9-18(26)23(22)35-13-14-4-3-5-17(27)8-14)10-20-25(31)36-24(29-20)16-6-7-19(28)21(12-16)30(32)33/h3-12H,2,13H2,1H3/b20-10-. The number of hydrogen-bond acceptors (Lipinski definition) is 7. The number of carbonyl (C=O) groups is 1. The highest BCUT2D eigenvalue weighted by Gasteiger charge is 2.26. The number of halogens is 3. The zero-order chi connectivity index (χ0) is 25.8. The second-order valence-electron chi connectivity index (χ2n) is 7.44. The largest absolute Gasteiger partial charge is 0.490 e. The molecule has 0 amide bonds. The summed E-state index contributed by atoms with van der Waals surface area (Å²) in [5, 5.41) is 11.8. The third-order valence-corrected chi connectivity index (χ3v) is 6.06. The molecule has 0 saturated heterocycles. The maximum Gasteiger partial charge on any atom is 0.363 e. The van der Waals surface area contributed by atoms with Crippen LogP contribution in [0.15, 0.2) is 69.8 Å². The maximum atomic E-state index is 12.5. The zero-order valence-corrected chi connectivity index (χ0v) is 21.8. The van der Waals surface area contributed by atoms with Gasteiger partial charge in [-0.3, -0.25) is 10.1 Å². The predicted octanol–water partition coefficient (Wildman–Crippen LogP) is 6.99. The van der Waals surface area contributed by atoms with Gasteiger partial charge in [-0.05, 0) is 76.5 Å². The summed E-state index contributed by atoms with van der Waals surface area (Å²) >= 11 is 15.4. The number of benzene rings is 3. The van der Waals surface area contributed by atoms with E-state index in [1.165, 1.54) is 24.3 Å². The van der Waals surface area contributed by atoms with Crippen molar-refractivity contribution in [2.24, 2.45) is 4.99 Å². The molecule has 0 atom stereocenters. The Morgan fingerprint density at radius 2 is 1.94 bits per heavy atom. The summed E-state index contributed by atoms with van der Waals surface area (Å²) in [6.45, 7) is 2.50. The van der Waals surface area contributed by atoms with Crippen LogP contribution < -0.4 is 9.47 Å². The van der Waals surface area contributed by atoms with Crippen LogP contribution >= 0.6 is 39.1 Å². The molecule has 0 unspecified atom stereocenters. The summed E-state index contributed by atoms with van der Waals surface area (Å²) in [4.78, 5) is 27.2. The van der Waals surface area contributed by atoms with Crippen LogP contribution in [0.4, 0.5) is 5.69 Å². The van der Waals surface area contributed by atoms with E-state index < -0.39 is 10.9 Å². The van der Waals surface area contributed by atoms with Gasteiger partial charge in [0.1, 0.15) is 11.6 Å². The quantitative estimate of drug-likeness (QED) is 0.121. The summed E-state index contributed by atoms with van der Waals surface area (Å²) in [6.07, 6.45) is 1.52. The van der Waals surface area contributed by atoms with Crippen molar-refractivity contribution in [1.82, 2.24) is 0 Å². The molecule has 0 spiro atoms. The minimum Gasteiger partial charge on any atom is -0.490 e. The van der Waals surface area contributed by atoms with Crippen LogP contribution in [0.1, 0.15) is 23.6 Å². The first-order valence-electron chi connectivity index (χ1n) is 10.6. The Bertz CT molecular complexity index is 1420.